The Labute approximate surface area is 137 Å². The Kier molecular flexibility index (Phi) is 5.52. The lowest BCUT2D eigenvalue weighted by molar-refractivity contribution is -0.123. The summed E-state index contributed by atoms with van der Waals surface area (Å²) in [7, 11) is 0. The molecule has 1 N–H and O–H groups in total. The van der Waals surface area contributed by atoms with Crippen molar-refractivity contribution in [3.8, 4) is 5.75 Å². The lowest BCUT2D eigenvalue weighted by Crippen LogP contribution is -2.25. The van der Waals surface area contributed by atoms with E-state index in [-0.39, 0.29) is 12.5 Å². The Hall–Kier alpha value is -2.62. The first-order valence-electron chi connectivity index (χ1n) is 7.56. The van der Waals surface area contributed by atoms with Crippen molar-refractivity contribution in [2.24, 2.45) is 5.10 Å². The second kappa shape index (κ2) is 7.58. The molecule has 1 amide bonds. The second-order valence-corrected chi connectivity index (χ2v) is 5.59. The molecule has 0 spiro atoms. The molecule has 0 saturated heterocycles. The molecule has 2 aromatic rings. The SMILES string of the molecule is Cc1ccccc1C=NNC(=O)COc1c(C)ccc(C)c1C. The molecular formula is C19H22N2O2. The fourth-order valence-electron chi connectivity index (χ4n) is 2.22. The predicted octanol–water partition coefficient (Wildman–Crippen LogP) is 3.45. The van der Waals surface area contributed by atoms with Crippen LogP contribution in [0.3, 0.4) is 0 Å². The minimum Gasteiger partial charge on any atom is -0.483 e. The number of nitrogens with zero attached hydrogens (tertiary/aromatic N) is 1. The van der Waals surface area contributed by atoms with Crippen LogP contribution in [0.25, 0.3) is 0 Å². The maximum Gasteiger partial charge on any atom is 0.277 e. The Morgan fingerprint density at radius 1 is 1.04 bits per heavy atom. The summed E-state index contributed by atoms with van der Waals surface area (Å²) in [5.41, 5.74) is 7.78. The van der Waals surface area contributed by atoms with Gasteiger partial charge in [0.25, 0.3) is 5.91 Å². The lowest BCUT2D eigenvalue weighted by atomic mass is 10.1. The quantitative estimate of drug-likeness (QED) is 0.679. The summed E-state index contributed by atoms with van der Waals surface area (Å²) in [4.78, 5) is 11.8. The average Bonchev–Trinajstić information content (AvgIpc) is 2.53. The Balaban J connectivity index is 1.91. The van der Waals surface area contributed by atoms with Crippen LogP contribution in [0.2, 0.25) is 0 Å². The predicted molar refractivity (Wildman–Crippen MR) is 93.1 cm³/mol. The number of carbonyl (C=O) groups excluding carboxylic acids is 1. The van der Waals surface area contributed by atoms with Crippen LogP contribution in [0.4, 0.5) is 0 Å². The van der Waals surface area contributed by atoms with E-state index in [9.17, 15) is 4.79 Å². The first-order valence-corrected chi connectivity index (χ1v) is 7.56. The lowest BCUT2D eigenvalue weighted by Gasteiger charge is -2.13. The number of carbonyl (C=O) groups is 1. The fourth-order valence-corrected chi connectivity index (χ4v) is 2.22. The van der Waals surface area contributed by atoms with Crippen LogP contribution in [0.1, 0.15) is 27.8 Å². The molecule has 0 aliphatic carbocycles. The van der Waals surface area contributed by atoms with Crippen molar-refractivity contribution in [2.45, 2.75) is 27.7 Å². The molecule has 4 heteroatoms. The largest absolute Gasteiger partial charge is 0.483 e. The van der Waals surface area contributed by atoms with Gasteiger partial charge in [-0.3, -0.25) is 4.79 Å². The van der Waals surface area contributed by atoms with E-state index < -0.39 is 0 Å². The number of aryl methyl sites for hydroxylation is 3. The maximum atomic E-state index is 11.8. The minimum absolute atomic E-state index is 0.0593. The number of benzene rings is 2. The zero-order valence-corrected chi connectivity index (χ0v) is 14.0. The van der Waals surface area contributed by atoms with Gasteiger partial charge in [0.1, 0.15) is 5.75 Å². The van der Waals surface area contributed by atoms with Gasteiger partial charge >= 0.3 is 0 Å². The van der Waals surface area contributed by atoms with Crippen molar-refractivity contribution in [3.05, 3.63) is 64.2 Å². The van der Waals surface area contributed by atoms with Gasteiger partial charge in [-0.05, 0) is 55.5 Å². The van der Waals surface area contributed by atoms with Crippen LogP contribution in [0.15, 0.2) is 41.5 Å². The molecule has 0 heterocycles. The van der Waals surface area contributed by atoms with E-state index in [0.29, 0.717) is 0 Å². The van der Waals surface area contributed by atoms with Crippen molar-refractivity contribution >= 4 is 12.1 Å². The van der Waals surface area contributed by atoms with E-state index in [1.807, 2.05) is 64.1 Å². The Morgan fingerprint density at radius 3 is 2.48 bits per heavy atom. The summed E-state index contributed by atoms with van der Waals surface area (Å²) in [6, 6.07) is 11.9. The monoisotopic (exact) mass is 310 g/mol. The Bertz CT molecular complexity index is 736. The zero-order valence-electron chi connectivity index (χ0n) is 14.0. The number of hydrogen-bond donors (Lipinski definition) is 1. The van der Waals surface area contributed by atoms with Crippen molar-refractivity contribution in [2.75, 3.05) is 6.61 Å². The third-order valence-electron chi connectivity index (χ3n) is 3.80. The minimum atomic E-state index is -0.282. The number of ether oxygens (including phenoxy) is 1. The third-order valence-corrected chi connectivity index (χ3v) is 3.80. The van der Waals surface area contributed by atoms with Crippen LogP contribution >= 0.6 is 0 Å². The summed E-state index contributed by atoms with van der Waals surface area (Å²) < 4.78 is 5.65. The normalized spacial score (nSPS) is 10.8. The molecule has 0 aliphatic heterocycles. The van der Waals surface area contributed by atoms with Crippen molar-refractivity contribution < 1.29 is 9.53 Å². The highest BCUT2D eigenvalue weighted by molar-refractivity contribution is 5.84. The summed E-state index contributed by atoms with van der Waals surface area (Å²) in [6.07, 6.45) is 1.64. The molecule has 0 bridgehead atoms. The molecule has 0 aromatic heterocycles. The summed E-state index contributed by atoms with van der Waals surface area (Å²) in [5.74, 6) is 0.484. The first kappa shape index (κ1) is 16.7. The van der Waals surface area contributed by atoms with Gasteiger partial charge < -0.3 is 4.74 Å². The van der Waals surface area contributed by atoms with Gasteiger partial charge in [0, 0.05) is 0 Å². The van der Waals surface area contributed by atoms with Gasteiger partial charge in [-0.15, -0.1) is 0 Å². The molecule has 4 nitrogen and oxygen atoms in total. The summed E-state index contributed by atoms with van der Waals surface area (Å²) in [5, 5.41) is 3.97. The smallest absolute Gasteiger partial charge is 0.277 e. The molecule has 23 heavy (non-hydrogen) atoms. The standard InChI is InChI=1S/C19H22N2O2/c1-13-9-10-15(3)19(16(13)4)23-12-18(22)21-20-11-17-8-6-5-7-14(17)2/h5-11H,12H2,1-4H3,(H,21,22). The van der Waals surface area contributed by atoms with E-state index in [1.54, 1.807) is 6.21 Å². The molecule has 0 radical (unpaired) electrons. The van der Waals surface area contributed by atoms with Crippen LogP contribution < -0.4 is 10.2 Å². The number of rotatable bonds is 5. The van der Waals surface area contributed by atoms with Crippen LogP contribution in [-0.4, -0.2) is 18.7 Å². The molecule has 0 unspecified atom stereocenters. The highest BCUT2D eigenvalue weighted by Crippen LogP contribution is 2.25. The molecule has 2 aromatic carbocycles. The topological polar surface area (TPSA) is 50.7 Å². The summed E-state index contributed by atoms with van der Waals surface area (Å²) in [6.45, 7) is 7.92. The van der Waals surface area contributed by atoms with Crippen LogP contribution in [-0.2, 0) is 4.79 Å². The molecule has 0 fully saturated rings. The average molecular weight is 310 g/mol. The molecule has 0 atom stereocenters. The molecule has 2 rings (SSSR count). The van der Waals surface area contributed by atoms with Gasteiger partial charge in [-0.2, -0.15) is 5.10 Å². The van der Waals surface area contributed by atoms with E-state index in [2.05, 4.69) is 10.5 Å². The summed E-state index contributed by atoms with van der Waals surface area (Å²) >= 11 is 0. The van der Waals surface area contributed by atoms with Crippen molar-refractivity contribution in [3.63, 3.8) is 0 Å². The molecule has 0 saturated carbocycles. The highest BCUT2D eigenvalue weighted by Gasteiger charge is 2.08. The molecule has 0 aliphatic rings. The van der Waals surface area contributed by atoms with E-state index in [4.69, 9.17) is 4.74 Å². The Morgan fingerprint density at radius 2 is 1.74 bits per heavy atom. The maximum absolute atomic E-state index is 11.8. The van der Waals surface area contributed by atoms with E-state index in [1.165, 1.54) is 0 Å². The third kappa shape index (κ3) is 4.42. The molecule has 120 valence electrons. The number of nitrogens with one attached hydrogen (secondary N) is 1. The number of amides is 1. The van der Waals surface area contributed by atoms with Gasteiger partial charge in [0.15, 0.2) is 6.61 Å². The van der Waals surface area contributed by atoms with Crippen molar-refractivity contribution in [1.82, 2.24) is 5.43 Å². The first-order chi connectivity index (χ1) is 11.0. The van der Waals surface area contributed by atoms with Crippen LogP contribution in [0.5, 0.6) is 5.75 Å². The van der Waals surface area contributed by atoms with E-state index >= 15 is 0 Å². The fraction of sp³-hybridized carbons (Fsp3) is 0.263. The van der Waals surface area contributed by atoms with Crippen LogP contribution in [0, 0.1) is 27.7 Å². The highest BCUT2D eigenvalue weighted by atomic mass is 16.5. The van der Waals surface area contributed by atoms with E-state index in [0.717, 1.165) is 33.6 Å². The second-order valence-electron chi connectivity index (χ2n) is 5.59. The van der Waals surface area contributed by atoms with Gasteiger partial charge in [-0.25, -0.2) is 5.43 Å². The number of hydrogen-bond acceptors (Lipinski definition) is 3. The van der Waals surface area contributed by atoms with Gasteiger partial charge in [0.2, 0.25) is 0 Å². The number of hydrazone groups is 1. The zero-order chi connectivity index (χ0) is 16.8. The van der Waals surface area contributed by atoms with Gasteiger partial charge in [-0.1, -0.05) is 36.4 Å². The molecular weight excluding hydrogens is 288 g/mol. The van der Waals surface area contributed by atoms with Crippen molar-refractivity contribution in [1.29, 1.82) is 0 Å². The van der Waals surface area contributed by atoms with Gasteiger partial charge in [0.05, 0.1) is 6.21 Å².